The fourth-order valence-electron chi connectivity index (χ4n) is 1.26. The second-order valence-electron chi connectivity index (χ2n) is 3.67. The summed E-state index contributed by atoms with van der Waals surface area (Å²) in [7, 11) is 6.30. The summed E-state index contributed by atoms with van der Waals surface area (Å²) in [4.78, 5) is 2.26. The first-order valence-electron chi connectivity index (χ1n) is 5.06. The van der Waals surface area contributed by atoms with Gasteiger partial charge in [0.15, 0.2) is 0 Å². The number of nitrogens with zero attached hydrogens (tertiary/aromatic N) is 1. The first-order valence-corrected chi connectivity index (χ1v) is 5.06. The largest absolute Gasteiger partial charge is 0.320 e. The molecule has 0 rings (SSSR count). The molecule has 0 aliphatic rings. The second-order valence-corrected chi connectivity index (χ2v) is 3.67. The Balaban J connectivity index is 2.82. The van der Waals surface area contributed by atoms with E-state index in [2.05, 4.69) is 24.3 Å². The van der Waals surface area contributed by atoms with Crippen LogP contribution in [0.3, 0.4) is 0 Å². The maximum absolute atomic E-state index is 3.17. The van der Waals surface area contributed by atoms with Gasteiger partial charge in [0.2, 0.25) is 0 Å². The highest BCUT2D eigenvalue weighted by atomic mass is 15.0. The molecule has 0 spiro atoms. The van der Waals surface area contributed by atoms with Gasteiger partial charge in [-0.1, -0.05) is 19.3 Å². The van der Waals surface area contributed by atoms with Gasteiger partial charge in [-0.3, -0.25) is 0 Å². The molecule has 12 heavy (non-hydrogen) atoms. The first-order chi connectivity index (χ1) is 5.77. The lowest BCUT2D eigenvalue weighted by Crippen LogP contribution is -2.12. The van der Waals surface area contributed by atoms with E-state index in [1.807, 2.05) is 7.05 Å². The fraction of sp³-hybridized carbons (Fsp3) is 1.00. The molecule has 0 unspecified atom stereocenters. The Morgan fingerprint density at radius 3 is 2.08 bits per heavy atom. The highest BCUT2D eigenvalue weighted by Crippen LogP contribution is 2.02. The van der Waals surface area contributed by atoms with Crippen molar-refractivity contribution in [1.82, 2.24) is 10.2 Å². The van der Waals surface area contributed by atoms with Crippen LogP contribution in [0.2, 0.25) is 0 Å². The number of hydrogen-bond acceptors (Lipinski definition) is 2. The van der Waals surface area contributed by atoms with Crippen LogP contribution in [0, 0.1) is 0 Å². The zero-order chi connectivity index (χ0) is 9.23. The van der Waals surface area contributed by atoms with Crippen molar-refractivity contribution >= 4 is 0 Å². The van der Waals surface area contributed by atoms with Gasteiger partial charge in [-0.2, -0.15) is 0 Å². The predicted molar refractivity (Wildman–Crippen MR) is 55.6 cm³/mol. The molecule has 0 saturated heterocycles. The Hall–Kier alpha value is -0.0800. The molecule has 2 nitrogen and oxygen atoms in total. The molecule has 0 amide bonds. The topological polar surface area (TPSA) is 15.3 Å². The summed E-state index contributed by atoms with van der Waals surface area (Å²) in [6.45, 7) is 2.42. The average molecular weight is 172 g/mol. The van der Waals surface area contributed by atoms with Crippen LogP contribution in [0.15, 0.2) is 0 Å². The van der Waals surface area contributed by atoms with Crippen LogP contribution >= 0.6 is 0 Å². The van der Waals surface area contributed by atoms with Crippen LogP contribution < -0.4 is 5.32 Å². The average Bonchev–Trinajstić information content (AvgIpc) is 2.02. The van der Waals surface area contributed by atoms with Gasteiger partial charge in [-0.25, -0.2) is 0 Å². The van der Waals surface area contributed by atoms with Gasteiger partial charge >= 0.3 is 0 Å². The maximum atomic E-state index is 3.17. The van der Waals surface area contributed by atoms with Crippen molar-refractivity contribution in [2.45, 2.75) is 32.1 Å². The summed E-state index contributed by atoms with van der Waals surface area (Å²) in [5, 5.41) is 3.17. The van der Waals surface area contributed by atoms with E-state index in [-0.39, 0.29) is 0 Å². The Morgan fingerprint density at radius 2 is 1.50 bits per heavy atom. The van der Waals surface area contributed by atoms with Crippen molar-refractivity contribution in [1.29, 1.82) is 0 Å². The molecule has 0 fully saturated rings. The molecule has 0 saturated carbocycles. The van der Waals surface area contributed by atoms with Crippen molar-refractivity contribution in [3.63, 3.8) is 0 Å². The monoisotopic (exact) mass is 172 g/mol. The molecule has 0 aromatic rings. The summed E-state index contributed by atoms with van der Waals surface area (Å²) >= 11 is 0. The van der Waals surface area contributed by atoms with Crippen molar-refractivity contribution in [2.24, 2.45) is 0 Å². The number of hydrogen-bond donors (Lipinski definition) is 1. The molecule has 0 heterocycles. The Labute approximate surface area is 77.3 Å². The molecule has 0 radical (unpaired) electrons. The van der Waals surface area contributed by atoms with E-state index in [9.17, 15) is 0 Å². The van der Waals surface area contributed by atoms with Gasteiger partial charge in [0, 0.05) is 0 Å². The summed E-state index contributed by atoms with van der Waals surface area (Å²) in [6, 6.07) is 0. The molecule has 0 atom stereocenters. The van der Waals surface area contributed by atoms with Gasteiger partial charge in [-0.05, 0) is 47.1 Å². The van der Waals surface area contributed by atoms with Crippen LogP contribution in [-0.4, -0.2) is 39.1 Å². The molecule has 0 aromatic carbocycles. The summed E-state index contributed by atoms with van der Waals surface area (Å²) in [6.07, 6.45) is 6.86. The Morgan fingerprint density at radius 1 is 0.917 bits per heavy atom. The number of nitrogens with one attached hydrogen (secondary N) is 1. The third-order valence-electron chi connectivity index (χ3n) is 2.03. The zero-order valence-electron chi connectivity index (χ0n) is 8.90. The lowest BCUT2D eigenvalue weighted by atomic mass is 10.1. The first kappa shape index (κ1) is 11.9. The highest BCUT2D eigenvalue weighted by Gasteiger charge is 1.91. The molecular formula is C10H24N2. The fourth-order valence-corrected chi connectivity index (χ4v) is 1.26. The van der Waals surface area contributed by atoms with Crippen molar-refractivity contribution in [2.75, 3.05) is 34.2 Å². The zero-order valence-corrected chi connectivity index (χ0v) is 8.90. The van der Waals surface area contributed by atoms with Gasteiger partial charge in [-0.15, -0.1) is 0 Å². The van der Waals surface area contributed by atoms with Gasteiger partial charge < -0.3 is 10.2 Å². The van der Waals surface area contributed by atoms with E-state index in [0.29, 0.717) is 0 Å². The van der Waals surface area contributed by atoms with Gasteiger partial charge in [0.1, 0.15) is 0 Å². The summed E-state index contributed by atoms with van der Waals surface area (Å²) in [5.74, 6) is 0. The van der Waals surface area contributed by atoms with E-state index >= 15 is 0 Å². The smallest absolute Gasteiger partial charge is 0.00248 e. The molecule has 0 aliphatic carbocycles. The molecule has 0 aliphatic heterocycles. The third-order valence-corrected chi connectivity index (χ3v) is 2.03. The summed E-state index contributed by atoms with van der Waals surface area (Å²) in [5.41, 5.74) is 0. The minimum atomic E-state index is 1.17. The van der Waals surface area contributed by atoms with E-state index in [1.54, 1.807) is 0 Å². The highest BCUT2D eigenvalue weighted by molar-refractivity contribution is 4.48. The summed E-state index contributed by atoms with van der Waals surface area (Å²) < 4.78 is 0. The SMILES string of the molecule is CNCCCCCCCN(C)C. The van der Waals surface area contributed by atoms with E-state index in [4.69, 9.17) is 0 Å². The van der Waals surface area contributed by atoms with Crippen LogP contribution in [0.25, 0.3) is 0 Å². The molecule has 0 aromatic heterocycles. The van der Waals surface area contributed by atoms with Crippen LogP contribution in [0.5, 0.6) is 0 Å². The van der Waals surface area contributed by atoms with E-state index in [0.717, 1.165) is 0 Å². The molecular weight excluding hydrogens is 148 g/mol. The van der Waals surface area contributed by atoms with Gasteiger partial charge in [0.25, 0.3) is 0 Å². The van der Waals surface area contributed by atoms with E-state index < -0.39 is 0 Å². The standard InChI is InChI=1S/C10H24N2/c1-11-9-7-5-4-6-8-10-12(2)3/h11H,4-10H2,1-3H3. The van der Waals surface area contributed by atoms with Crippen LogP contribution in [0.4, 0.5) is 0 Å². The lowest BCUT2D eigenvalue weighted by molar-refractivity contribution is 0.389. The molecule has 1 N–H and O–H groups in total. The quantitative estimate of drug-likeness (QED) is 0.561. The lowest BCUT2D eigenvalue weighted by Gasteiger charge is -2.08. The molecule has 0 bridgehead atoms. The van der Waals surface area contributed by atoms with Crippen molar-refractivity contribution in [3.8, 4) is 0 Å². The molecule has 2 heteroatoms. The second kappa shape index (κ2) is 9.01. The number of unbranched alkanes of at least 4 members (excludes halogenated alkanes) is 4. The normalized spacial score (nSPS) is 11.0. The minimum Gasteiger partial charge on any atom is -0.320 e. The number of rotatable bonds is 8. The van der Waals surface area contributed by atoms with Crippen LogP contribution in [0.1, 0.15) is 32.1 Å². The van der Waals surface area contributed by atoms with Crippen molar-refractivity contribution < 1.29 is 0 Å². The third kappa shape index (κ3) is 9.92. The van der Waals surface area contributed by atoms with Crippen molar-refractivity contribution in [3.05, 3.63) is 0 Å². The molecule has 74 valence electrons. The maximum Gasteiger partial charge on any atom is -0.00248 e. The van der Waals surface area contributed by atoms with E-state index in [1.165, 1.54) is 45.2 Å². The Kier molecular flexibility index (Phi) is 8.95. The Bertz CT molecular complexity index is 81.9. The van der Waals surface area contributed by atoms with Gasteiger partial charge in [0.05, 0.1) is 0 Å². The van der Waals surface area contributed by atoms with Crippen LogP contribution in [-0.2, 0) is 0 Å². The minimum absolute atomic E-state index is 1.17. The predicted octanol–water partition coefficient (Wildman–Crippen LogP) is 1.72.